The number of anilines is 1. The highest BCUT2D eigenvalue weighted by molar-refractivity contribution is 5.74. The highest BCUT2D eigenvalue weighted by atomic mass is 16.5. The number of benzene rings is 1. The van der Waals surface area contributed by atoms with Gasteiger partial charge in [0.2, 0.25) is 0 Å². The average Bonchev–Trinajstić information content (AvgIpc) is 2.44. The van der Waals surface area contributed by atoms with Crippen molar-refractivity contribution in [1.82, 2.24) is 9.97 Å². The minimum atomic E-state index is 0.531. The van der Waals surface area contributed by atoms with Crippen molar-refractivity contribution in [2.24, 2.45) is 0 Å². The summed E-state index contributed by atoms with van der Waals surface area (Å²) in [4.78, 5) is 8.66. The topological polar surface area (TPSA) is 70.3 Å². The Morgan fingerprint density at radius 2 is 1.75 bits per heavy atom. The van der Waals surface area contributed by atoms with Crippen LogP contribution in [0.3, 0.4) is 0 Å². The number of hydrogen-bond acceptors (Lipinski definition) is 5. The number of aryl methyl sites for hydroxylation is 2. The van der Waals surface area contributed by atoms with Gasteiger partial charge in [-0.2, -0.15) is 0 Å². The molecule has 0 radical (unpaired) electrons. The lowest BCUT2D eigenvalue weighted by atomic mass is 10.1. The molecule has 0 bridgehead atoms. The van der Waals surface area contributed by atoms with Crippen LogP contribution >= 0.6 is 0 Å². The molecule has 2 N–H and O–H groups in total. The van der Waals surface area contributed by atoms with Gasteiger partial charge < -0.3 is 15.2 Å². The van der Waals surface area contributed by atoms with Crippen LogP contribution in [0.15, 0.2) is 24.3 Å². The van der Waals surface area contributed by atoms with Crippen molar-refractivity contribution in [3.05, 3.63) is 35.8 Å². The molecule has 106 valence electrons. The van der Waals surface area contributed by atoms with Crippen LogP contribution in [-0.2, 0) is 4.74 Å². The first kappa shape index (κ1) is 14.3. The van der Waals surface area contributed by atoms with Crippen molar-refractivity contribution in [1.29, 1.82) is 0 Å². The van der Waals surface area contributed by atoms with E-state index in [2.05, 4.69) is 9.97 Å². The molecule has 0 aliphatic carbocycles. The normalized spacial score (nSPS) is 10.6. The van der Waals surface area contributed by atoms with Crippen LogP contribution in [0.25, 0.3) is 11.3 Å². The first-order valence-electron chi connectivity index (χ1n) is 6.44. The molecule has 0 saturated carbocycles. The monoisotopic (exact) mass is 273 g/mol. The quantitative estimate of drug-likeness (QED) is 0.847. The minimum absolute atomic E-state index is 0.531. The van der Waals surface area contributed by atoms with Crippen molar-refractivity contribution < 1.29 is 9.47 Å². The van der Waals surface area contributed by atoms with Crippen molar-refractivity contribution >= 4 is 5.69 Å². The average molecular weight is 273 g/mol. The van der Waals surface area contributed by atoms with Crippen LogP contribution < -0.4 is 10.5 Å². The molecule has 0 fully saturated rings. The molecule has 1 aromatic carbocycles. The Balaban J connectivity index is 2.22. The smallest absolute Gasteiger partial charge is 0.126 e. The number of nitrogens with two attached hydrogens (primary N) is 1. The molecule has 0 atom stereocenters. The zero-order valence-electron chi connectivity index (χ0n) is 12.0. The Hall–Kier alpha value is -2.14. The number of nitrogen functional groups attached to an aromatic ring is 1. The fraction of sp³-hybridized carbons (Fsp3) is 0.333. The maximum Gasteiger partial charge on any atom is 0.126 e. The number of ether oxygens (including phenoxy) is 2. The predicted octanol–water partition coefficient (Wildman–Crippen LogP) is 2.37. The van der Waals surface area contributed by atoms with Crippen LogP contribution in [0.1, 0.15) is 11.5 Å². The molecule has 5 nitrogen and oxygen atoms in total. The summed E-state index contributed by atoms with van der Waals surface area (Å²) in [6.07, 6.45) is 0. The lowest BCUT2D eigenvalue weighted by Crippen LogP contribution is -2.04. The highest BCUT2D eigenvalue weighted by Crippen LogP contribution is 2.27. The summed E-state index contributed by atoms with van der Waals surface area (Å²) in [7, 11) is 1.65. The van der Waals surface area contributed by atoms with Gasteiger partial charge in [-0.05, 0) is 38.1 Å². The van der Waals surface area contributed by atoms with Gasteiger partial charge in [-0.25, -0.2) is 9.97 Å². The van der Waals surface area contributed by atoms with E-state index in [-0.39, 0.29) is 0 Å². The molecule has 0 amide bonds. The molecule has 0 aliphatic heterocycles. The zero-order valence-corrected chi connectivity index (χ0v) is 12.0. The SMILES string of the molecule is COCCOc1ccc(-c2nc(C)nc(C)c2N)cc1. The summed E-state index contributed by atoms with van der Waals surface area (Å²) >= 11 is 0. The van der Waals surface area contributed by atoms with Crippen molar-refractivity contribution in [3.63, 3.8) is 0 Å². The molecule has 5 heteroatoms. The zero-order chi connectivity index (χ0) is 14.5. The summed E-state index contributed by atoms with van der Waals surface area (Å²) in [5.74, 6) is 1.51. The molecule has 1 heterocycles. The summed E-state index contributed by atoms with van der Waals surface area (Å²) < 4.78 is 10.5. The predicted molar refractivity (Wildman–Crippen MR) is 78.7 cm³/mol. The first-order chi connectivity index (χ1) is 9.61. The summed E-state index contributed by atoms with van der Waals surface area (Å²) in [6.45, 7) is 4.84. The Labute approximate surface area is 118 Å². The lowest BCUT2D eigenvalue weighted by molar-refractivity contribution is 0.146. The van der Waals surface area contributed by atoms with Crippen molar-refractivity contribution in [2.45, 2.75) is 13.8 Å². The highest BCUT2D eigenvalue weighted by Gasteiger charge is 2.09. The number of hydrogen-bond donors (Lipinski definition) is 1. The fourth-order valence-corrected chi connectivity index (χ4v) is 1.89. The Bertz CT molecular complexity index is 582. The molecular weight excluding hydrogens is 254 g/mol. The van der Waals surface area contributed by atoms with Gasteiger partial charge in [-0.15, -0.1) is 0 Å². The summed E-state index contributed by atoms with van der Waals surface area (Å²) in [5.41, 5.74) is 9.18. The molecular formula is C15H19N3O2. The van der Waals surface area contributed by atoms with Crippen LogP contribution in [-0.4, -0.2) is 30.3 Å². The summed E-state index contributed by atoms with van der Waals surface area (Å²) in [6, 6.07) is 7.69. The van der Waals surface area contributed by atoms with Gasteiger partial charge >= 0.3 is 0 Å². The second-order valence-electron chi connectivity index (χ2n) is 4.48. The van der Waals surface area contributed by atoms with Gasteiger partial charge in [-0.1, -0.05) is 0 Å². The molecule has 0 spiro atoms. The van der Waals surface area contributed by atoms with Gasteiger partial charge in [0.1, 0.15) is 18.2 Å². The van der Waals surface area contributed by atoms with Crippen LogP contribution in [0.5, 0.6) is 5.75 Å². The number of methoxy groups -OCH3 is 1. The van der Waals surface area contributed by atoms with Crippen LogP contribution in [0.2, 0.25) is 0 Å². The molecule has 0 saturated heterocycles. The van der Waals surface area contributed by atoms with Gasteiger partial charge in [0.25, 0.3) is 0 Å². The van der Waals surface area contributed by atoms with E-state index >= 15 is 0 Å². The molecule has 0 aliphatic rings. The van der Waals surface area contributed by atoms with Gasteiger partial charge in [-0.3, -0.25) is 0 Å². The third-order valence-corrected chi connectivity index (χ3v) is 2.93. The second-order valence-corrected chi connectivity index (χ2v) is 4.48. The van der Waals surface area contributed by atoms with E-state index in [0.29, 0.717) is 24.7 Å². The van der Waals surface area contributed by atoms with Crippen LogP contribution in [0.4, 0.5) is 5.69 Å². The van der Waals surface area contributed by atoms with E-state index in [9.17, 15) is 0 Å². The van der Waals surface area contributed by atoms with E-state index < -0.39 is 0 Å². The van der Waals surface area contributed by atoms with E-state index in [0.717, 1.165) is 22.7 Å². The third kappa shape index (κ3) is 3.24. The van der Waals surface area contributed by atoms with E-state index in [4.69, 9.17) is 15.2 Å². The second kappa shape index (κ2) is 6.34. The molecule has 0 unspecified atom stereocenters. The molecule has 2 aromatic rings. The van der Waals surface area contributed by atoms with Gasteiger partial charge in [0.05, 0.1) is 23.7 Å². The fourth-order valence-electron chi connectivity index (χ4n) is 1.89. The van der Waals surface area contributed by atoms with Crippen LogP contribution in [0, 0.1) is 13.8 Å². The maximum absolute atomic E-state index is 6.05. The van der Waals surface area contributed by atoms with Crippen molar-refractivity contribution in [2.75, 3.05) is 26.1 Å². The van der Waals surface area contributed by atoms with E-state index in [1.54, 1.807) is 7.11 Å². The van der Waals surface area contributed by atoms with Gasteiger partial charge in [0, 0.05) is 12.7 Å². The Kier molecular flexibility index (Phi) is 4.53. The van der Waals surface area contributed by atoms with Crippen molar-refractivity contribution in [3.8, 4) is 17.0 Å². The lowest BCUT2D eigenvalue weighted by Gasteiger charge is -2.10. The Morgan fingerprint density at radius 1 is 1.05 bits per heavy atom. The molecule has 2 rings (SSSR count). The summed E-state index contributed by atoms with van der Waals surface area (Å²) in [5, 5.41) is 0. The van der Waals surface area contributed by atoms with Gasteiger partial charge in [0.15, 0.2) is 0 Å². The number of nitrogens with zero attached hydrogens (tertiary/aromatic N) is 2. The molecule has 1 aromatic heterocycles. The Morgan fingerprint density at radius 3 is 2.40 bits per heavy atom. The first-order valence-corrected chi connectivity index (χ1v) is 6.44. The maximum atomic E-state index is 6.05. The number of rotatable bonds is 5. The number of aromatic nitrogens is 2. The van der Waals surface area contributed by atoms with E-state index in [1.165, 1.54) is 0 Å². The van der Waals surface area contributed by atoms with E-state index in [1.807, 2.05) is 38.1 Å². The third-order valence-electron chi connectivity index (χ3n) is 2.93. The molecule has 20 heavy (non-hydrogen) atoms. The standard InChI is InChI=1S/C15H19N3O2/c1-10-14(16)15(18-11(2)17-10)12-4-6-13(7-5-12)20-9-8-19-3/h4-7H,8-9,16H2,1-3H3. The minimum Gasteiger partial charge on any atom is -0.491 e. The largest absolute Gasteiger partial charge is 0.491 e.